The SMILES string of the molecule is NC1=C(OS(=O)(=O)Cc2ccc(CF)cc2)C(=O)C(c2ccc(Cl)cc2)O1. The number of alkyl halides is 1. The van der Waals surface area contributed by atoms with Crippen molar-refractivity contribution < 1.29 is 26.5 Å². The average molecular weight is 412 g/mol. The molecule has 0 fully saturated rings. The van der Waals surface area contributed by atoms with E-state index < -0.39 is 46.1 Å². The molecule has 1 unspecified atom stereocenters. The van der Waals surface area contributed by atoms with Crippen molar-refractivity contribution in [2.24, 2.45) is 5.73 Å². The summed E-state index contributed by atoms with van der Waals surface area (Å²) in [6, 6.07) is 12.2. The van der Waals surface area contributed by atoms with Gasteiger partial charge < -0.3 is 14.7 Å². The zero-order valence-corrected chi connectivity index (χ0v) is 15.5. The summed E-state index contributed by atoms with van der Waals surface area (Å²) in [6.07, 6.45) is -1.10. The monoisotopic (exact) mass is 411 g/mol. The number of nitrogens with two attached hydrogens (primary N) is 1. The Morgan fingerprint density at radius 1 is 1.07 bits per heavy atom. The normalized spacial score (nSPS) is 17.1. The lowest BCUT2D eigenvalue weighted by atomic mass is 10.1. The fraction of sp³-hybridized carbons (Fsp3) is 0.167. The van der Waals surface area contributed by atoms with Crippen LogP contribution in [-0.2, 0) is 36.3 Å². The zero-order valence-electron chi connectivity index (χ0n) is 13.9. The molecule has 1 aliphatic rings. The Morgan fingerprint density at radius 2 is 1.67 bits per heavy atom. The van der Waals surface area contributed by atoms with Gasteiger partial charge in [-0.05, 0) is 23.3 Å². The van der Waals surface area contributed by atoms with Gasteiger partial charge in [-0.25, -0.2) is 4.39 Å². The van der Waals surface area contributed by atoms with Crippen molar-refractivity contribution in [1.82, 2.24) is 0 Å². The lowest BCUT2D eigenvalue weighted by Gasteiger charge is -2.10. The molecule has 142 valence electrons. The largest absolute Gasteiger partial charge is 0.460 e. The molecule has 3 rings (SSSR count). The average Bonchev–Trinajstić information content (AvgIpc) is 2.90. The highest BCUT2D eigenvalue weighted by Gasteiger charge is 2.39. The fourth-order valence-electron chi connectivity index (χ4n) is 2.50. The number of ether oxygens (including phenoxy) is 1. The van der Waals surface area contributed by atoms with Crippen LogP contribution in [-0.4, -0.2) is 14.2 Å². The van der Waals surface area contributed by atoms with E-state index in [4.69, 9.17) is 26.3 Å². The third-order valence-corrected chi connectivity index (χ3v) is 5.19. The molecule has 1 atom stereocenters. The first kappa shape index (κ1) is 19.2. The summed E-state index contributed by atoms with van der Waals surface area (Å²) in [6.45, 7) is -0.648. The van der Waals surface area contributed by atoms with Gasteiger partial charge in [-0.3, -0.25) is 4.79 Å². The molecule has 2 aromatic rings. The molecule has 0 spiro atoms. The Bertz CT molecular complexity index is 987. The minimum absolute atomic E-state index is 0.381. The first-order valence-corrected chi connectivity index (χ1v) is 9.76. The van der Waals surface area contributed by atoms with Gasteiger partial charge in [0.2, 0.25) is 17.4 Å². The second-order valence-corrected chi connectivity index (χ2v) is 7.85. The van der Waals surface area contributed by atoms with Crippen LogP contribution in [0, 0.1) is 0 Å². The van der Waals surface area contributed by atoms with E-state index in [1.807, 2.05) is 0 Å². The van der Waals surface area contributed by atoms with E-state index in [-0.39, 0.29) is 0 Å². The van der Waals surface area contributed by atoms with Crippen molar-refractivity contribution in [2.45, 2.75) is 18.5 Å². The minimum Gasteiger partial charge on any atom is -0.460 e. The van der Waals surface area contributed by atoms with Gasteiger partial charge in [0.25, 0.3) is 0 Å². The quantitative estimate of drug-likeness (QED) is 0.734. The molecule has 0 saturated carbocycles. The molecular formula is C18H15ClFNO5S. The van der Waals surface area contributed by atoms with Crippen LogP contribution in [0.15, 0.2) is 60.2 Å². The van der Waals surface area contributed by atoms with Gasteiger partial charge in [0.1, 0.15) is 12.4 Å². The number of carbonyl (C=O) groups is 1. The fourth-order valence-corrected chi connectivity index (χ4v) is 3.70. The molecule has 0 radical (unpaired) electrons. The van der Waals surface area contributed by atoms with Crippen LogP contribution in [0.25, 0.3) is 0 Å². The van der Waals surface area contributed by atoms with Gasteiger partial charge in [-0.15, -0.1) is 0 Å². The van der Waals surface area contributed by atoms with Crippen LogP contribution < -0.4 is 5.73 Å². The van der Waals surface area contributed by atoms with Gasteiger partial charge in [-0.2, -0.15) is 8.42 Å². The summed E-state index contributed by atoms with van der Waals surface area (Å²) in [5.74, 6) is -2.17. The third kappa shape index (κ3) is 4.40. The topological polar surface area (TPSA) is 95.7 Å². The Kier molecular flexibility index (Phi) is 5.38. The Balaban J connectivity index is 1.74. The molecule has 27 heavy (non-hydrogen) atoms. The van der Waals surface area contributed by atoms with Crippen LogP contribution in [0.4, 0.5) is 4.39 Å². The van der Waals surface area contributed by atoms with Gasteiger partial charge in [0.05, 0.1) is 0 Å². The van der Waals surface area contributed by atoms with E-state index in [0.29, 0.717) is 21.7 Å². The highest BCUT2D eigenvalue weighted by Crippen LogP contribution is 2.33. The Hall–Kier alpha value is -2.58. The molecule has 1 aliphatic heterocycles. The van der Waals surface area contributed by atoms with E-state index in [9.17, 15) is 17.6 Å². The molecule has 0 aromatic heterocycles. The summed E-state index contributed by atoms with van der Waals surface area (Å²) >= 11 is 5.81. The molecule has 0 bridgehead atoms. The maximum Gasteiger partial charge on any atom is 0.313 e. The number of carbonyl (C=O) groups excluding carboxylic acids is 1. The van der Waals surface area contributed by atoms with Crippen LogP contribution in [0.5, 0.6) is 0 Å². The maximum atomic E-state index is 12.5. The van der Waals surface area contributed by atoms with Crippen molar-refractivity contribution in [3.8, 4) is 0 Å². The molecule has 2 N–H and O–H groups in total. The highest BCUT2D eigenvalue weighted by atomic mass is 35.5. The second-order valence-electron chi connectivity index (χ2n) is 5.84. The standard InChI is InChI=1S/C18H15ClFNO5S/c19-14-7-5-13(6-8-14)16-15(22)17(18(21)25-16)26-27(23,24)10-12-3-1-11(9-20)2-4-12/h1-8,16H,9-10,21H2. The number of hydrogen-bond acceptors (Lipinski definition) is 6. The molecule has 0 saturated heterocycles. The molecule has 0 aliphatic carbocycles. The Labute approximate surface area is 160 Å². The van der Waals surface area contributed by atoms with E-state index in [1.54, 1.807) is 24.3 Å². The third-order valence-electron chi connectivity index (χ3n) is 3.83. The first-order valence-electron chi connectivity index (χ1n) is 7.81. The molecule has 6 nitrogen and oxygen atoms in total. The van der Waals surface area contributed by atoms with Crippen LogP contribution in [0.2, 0.25) is 5.02 Å². The zero-order chi connectivity index (χ0) is 19.6. The minimum atomic E-state index is -4.17. The Morgan fingerprint density at radius 3 is 2.26 bits per heavy atom. The summed E-state index contributed by atoms with van der Waals surface area (Å²) in [7, 11) is -4.17. The second kappa shape index (κ2) is 7.58. The van der Waals surface area contributed by atoms with Crippen molar-refractivity contribution in [2.75, 3.05) is 0 Å². The van der Waals surface area contributed by atoms with Crippen molar-refractivity contribution >= 4 is 27.5 Å². The lowest BCUT2D eigenvalue weighted by Crippen LogP contribution is -2.16. The van der Waals surface area contributed by atoms with E-state index in [0.717, 1.165) is 0 Å². The van der Waals surface area contributed by atoms with Gasteiger partial charge in [0, 0.05) is 10.6 Å². The predicted octanol–water partition coefficient (Wildman–Crippen LogP) is 3.12. The smallest absolute Gasteiger partial charge is 0.313 e. The number of Topliss-reactive ketones (excluding diaryl/α,β-unsaturated/α-hetero) is 1. The molecular weight excluding hydrogens is 397 g/mol. The van der Waals surface area contributed by atoms with Crippen LogP contribution in [0.3, 0.4) is 0 Å². The first-order chi connectivity index (χ1) is 12.8. The highest BCUT2D eigenvalue weighted by molar-refractivity contribution is 7.86. The molecule has 1 heterocycles. The number of ketones is 1. The van der Waals surface area contributed by atoms with Gasteiger partial charge >= 0.3 is 10.1 Å². The number of halogens is 2. The van der Waals surface area contributed by atoms with E-state index in [2.05, 4.69) is 0 Å². The lowest BCUT2D eigenvalue weighted by molar-refractivity contribution is -0.123. The predicted molar refractivity (Wildman–Crippen MR) is 96.5 cm³/mol. The summed E-state index contributed by atoms with van der Waals surface area (Å²) in [4.78, 5) is 12.5. The van der Waals surface area contributed by atoms with Crippen LogP contribution >= 0.6 is 11.6 Å². The summed E-state index contributed by atoms with van der Waals surface area (Å²) in [5, 5.41) is 0.475. The van der Waals surface area contributed by atoms with Crippen LogP contribution in [0.1, 0.15) is 22.8 Å². The van der Waals surface area contributed by atoms with E-state index >= 15 is 0 Å². The number of benzene rings is 2. The van der Waals surface area contributed by atoms with E-state index in [1.165, 1.54) is 24.3 Å². The maximum absolute atomic E-state index is 12.5. The molecule has 9 heteroatoms. The number of rotatable bonds is 6. The molecule has 2 aromatic carbocycles. The van der Waals surface area contributed by atoms with Crippen molar-refractivity contribution in [3.63, 3.8) is 0 Å². The van der Waals surface area contributed by atoms with Crippen molar-refractivity contribution in [1.29, 1.82) is 0 Å². The van der Waals surface area contributed by atoms with Crippen molar-refractivity contribution in [3.05, 3.63) is 81.9 Å². The molecule has 0 amide bonds. The van der Waals surface area contributed by atoms with Gasteiger partial charge in [-0.1, -0.05) is 48.0 Å². The summed E-state index contributed by atoms with van der Waals surface area (Å²) in [5.41, 5.74) is 6.91. The van der Waals surface area contributed by atoms with Gasteiger partial charge in [0.15, 0.2) is 6.10 Å². The summed E-state index contributed by atoms with van der Waals surface area (Å²) < 4.78 is 47.3. The number of hydrogen-bond donors (Lipinski definition) is 1.